The van der Waals surface area contributed by atoms with E-state index in [1.165, 1.54) is 0 Å². The van der Waals surface area contributed by atoms with Gasteiger partial charge in [0.2, 0.25) is 5.91 Å². The molecule has 1 heterocycles. The number of hydrogen-bond acceptors (Lipinski definition) is 4. The van der Waals surface area contributed by atoms with Crippen molar-refractivity contribution in [2.75, 3.05) is 5.32 Å². The van der Waals surface area contributed by atoms with Gasteiger partial charge in [0.25, 0.3) is 0 Å². The number of halogens is 2. The van der Waals surface area contributed by atoms with Crippen LogP contribution in [-0.4, -0.2) is 35.3 Å². The summed E-state index contributed by atoms with van der Waals surface area (Å²) < 4.78 is 0. The minimum atomic E-state index is -1.11. The van der Waals surface area contributed by atoms with Gasteiger partial charge in [-0.15, -0.1) is 0 Å². The topological polar surface area (TPSA) is 61.4 Å². The van der Waals surface area contributed by atoms with Crippen molar-refractivity contribution in [1.29, 1.82) is 0 Å². The number of fused-ring (bicyclic) bond motifs is 1. The lowest BCUT2D eigenvalue weighted by atomic mass is 9.81. The number of nitrogens with zero attached hydrogens (tertiary/aromatic N) is 1. The first kappa shape index (κ1) is 24.7. The van der Waals surface area contributed by atoms with E-state index in [4.69, 9.17) is 23.2 Å². The Morgan fingerprint density at radius 2 is 1.81 bits per heavy atom. The van der Waals surface area contributed by atoms with Gasteiger partial charge in [-0.1, -0.05) is 55.2 Å². The monoisotopic (exact) mass is 475 g/mol. The van der Waals surface area contributed by atoms with Crippen LogP contribution in [0, 0.1) is 0 Å². The van der Waals surface area contributed by atoms with Crippen molar-refractivity contribution < 1.29 is 9.59 Å². The third-order valence-electron chi connectivity index (χ3n) is 6.40. The molecule has 7 heteroatoms. The van der Waals surface area contributed by atoms with E-state index >= 15 is 0 Å². The summed E-state index contributed by atoms with van der Waals surface area (Å²) in [5.74, 6) is -0.173. The van der Waals surface area contributed by atoms with Crippen molar-refractivity contribution in [3.8, 4) is 0 Å². The van der Waals surface area contributed by atoms with Crippen LogP contribution >= 0.6 is 23.2 Å². The molecule has 32 heavy (non-hydrogen) atoms. The number of carbonyl (C=O) groups excluding carboxylic acids is 2. The second-order valence-corrected chi connectivity index (χ2v) is 9.41. The van der Waals surface area contributed by atoms with E-state index in [-0.39, 0.29) is 18.0 Å². The predicted octanol–water partition coefficient (Wildman–Crippen LogP) is 5.40. The van der Waals surface area contributed by atoms with Gasteiger partial charge in [-0.05, 0) is 56.5 Å². The van der Waals surface area contributed by atoms with E-state index < -0.39 is 11.7 Å². The highest BCUT2D eigenvalue weighted by molar-refractivity contribution is 6.31. The molecule has 2 aromatic carbocycles. The highest BCUT2D eigenvalue weighted by Crippen LogP contribution is 2.46. The zero-order valence-electron chi connectivity index (χ0n) is 19.0. The summed E-state index contributed by atoms with van der Waals surface area (Å²) in [7, 11) is 0. The Morgan fingerprint density at radius 1 is 1.09 bits per heavy atom. The third kappa shape index (κ3) is 4.72. The van der Waals surface area contributed by atoms with E-state index in [0.717, 1.165) is 30.3 Å². The van der Waals surface area contributed by atoms with Crippen LogP contribution in [0.1, 0.15) is 51.7 Å². The molecule has 1 aliphatic rings. The fraction of sp³-hybridized carbons (Fsp3) is 0.440. The Kier molecular flexibility index (Phi) is 7.99. The van der Waals surface area contributed by atoms with Gasteiger partial charge in [0, 0.05) is 39.8 Å². The van der Waals surface area contributed by atoms with Crippen LogP contribution in [0.4, 0.5) is 5.69 Å². The maximum Gasteiger partial charge on any atom is 0.250 e. The van der Waals surface area contributed by atoms with Crippen molar-refractivity contribution in [3.63, 3.8) is 0 Å². The highest BCUT2D eigenvalue weighted by atomic mass is 35.5. The molecule has 5 nitrogen and oxygen atoms in total. The van der Waals surface area contributed by atoms with Crippen molar-refractivity contribution in [2.45, 2.75) is 70.7 Å². The standard InChI is InChI=1S/C25H31Cl2N3O2/c1-5-16(3)28-23(15-31)30(17(4)6-2)25(14-18-8-7-9-19(26)12-18)21-11-10-20(27)13-22(21)29-24(25)32/h7-13,15-17,23,28H,5-6,14H2,1-4H3,(H,29,32). The number of aldehydes is 1. The first-order chi connectivity index (χ1) is 15.3. The van der Waals surface area contributed by atoms with Gasteiger partial charge in [-0.2, -0.15) is 0 Å². The van der Waals surface area contributed by atoms with Gasteiger partial charge in [0.1, 0.15) is 11.7 Å². The Bertz CT molecular complexity index is 983. The summed E-state index contributed by atoms with van der Waals surface area (Å²) >= 11 is 12.5. The minimum absolute atomic E-state index is 0.0617. The first-order valence-electron chi connectivity index (χ1n) is 11.1. The summed E-state index contributed by atoms with van der Waals surface area (Å²) in [6, 6.07) is 13.0. The molecule has 1 amide bonds. The minimum Gasteiger partial charge on any atom is -0.324 e. The Balaban J connectivity index is 2.24. The predicted molar refractivity (Wildman–Crippen MR) is 131 cm³/mol. The van der Waals surface area contributed by atoms with Crippen LogP contribution in [0.2, 0.25) is 10.0 Å². The SMILES string of the molecule is CCC(C)NC(C=O)N(C(C)CC)C1(Cc2cccc(Cl)c2)C(=O)Nc2cc(Cl)ccc21. The van der Waals surface area contributed by atoms with Crippen LogP contribution in [0.5, 0.6) is 0 Å². The van der Waals surface area contributed by atoms with Crippen molar-refractivity contribution in [2.24, 2.45) is 0 Å². The second-order valence-electron chi connectivity index (χ2n) is 8.53. The lowest BCUT2D eigenvalue weighted by molar-refractivity contribution is -0.136. The number of rotatable bonds is 10. The first-order valence-corrected chi connectivity index (χ1v) is 11.9. The number of hydrogen-bond donors (Lipinski definition) is 2. The number of anilines is 1. The largest absolute Gasteiger partial charge is 0.324 e. The van der Waals surface area contributed by atoms with E-state index in [0.29, 0.717) is 22.2 Å². The molecule has 1 aliphatic heterocycles. The summed E-state index contributed by atoms with van der Waals surface area (Å²) in [6.07, 6.45) is 2.24. The molecule has 4 atom stereocenters. The molecule has 3 rings (SSSR count). The van der Waals surface area contributed by atoms with Gasteiger partial charge in [-0.3, -0.25) is 15.0 Å². The van der Waals surface area contributed by atoms with Crippen LogP contribution in [0.25, 0.3) is 0 Å². The molecule has 4 unspecified atom stereocenters. The Morgan fingerprint density at radius 3 is 2.44 bits per heavy atom. The normalized spacial score (nSPS) is 20.5. The van der Waals surface area contributed by atoms with Gasteiger partial charge in [0.05, 0.1) is 0 Å². The van der Waals surface area contributed by atoms with Gasteiger partial charge < -0.3 is 10.1 Å². The summed E-state index contributed by atoms with van der Waals surface area (Å²) in [6.45, 7) is 8.22. The number of benzene rings is 2. The molecule has 0 aromatic heterocycles. The fourth-order valence-electron chi connectivity index (χ4n) is 4.47. The van der Waals surface area contributed by atoms with Gasteiger partial charge in [-0.25, -0.2) is 0 Å². The molecular weight excluding hydrogens is 445 g/mol. The maximum atomic E-state index is 13.8. The zero-order valence-corrected chi connectivity index (χ0v) is 20.5. The molecule has 172 valence electrons. The summed E-state index contributed by atoms with van der Waals surface area (Å²) in [5, 5.41) is 7.59. The molecule has 0 spiro atoms. The van der Waals surface area contributed by atoms with E-state index in [9.17, 15) is 9.59 Å². The van der Waals surface area contributed by atoms with E-state index in [1.54, 1.807) is 12.1 Å². The Hall–Kier alpha value is -1.92. The lowest BCUT2D eigenvalue weighted by Gasteiger charge is -2.47. The molecule has 0 radical (unpaired) electrons. The van der Waals surface area contributed by atoms with Crippen LogP contribution in [-0.2, 0) is 21.5 Å². The molecule has 0 fully saturated rings. The summed E-state index contributed by atoms with van der Waals surface area (Å²) in [4.78, 5) is 28.3. The summed E-state index contributed by atoms with van der Waals surface area (Å²) in [5.41, 5.74) is 1.29. The van der Waals surface area contributed by atoms with Crippen LogP contribution in [0.15, 0.2) is 42.5 Å². The Labute approximate surface area is 200 Å². The molecule has 0 saturated heterocycles. The highest BCUT2D eigenvalue weighted by Gasteiger charge is 2.54. The second kappa shape index (κ2) is 10.3. The van der Waals surface area contributed by atoms with Crippen molar-refractivity contribution in [1.82, 2.24) is 10.2 Å². The molecule has 0 bridgehead atoms. The fourth-order valence-corrected chi connectivity index (χ4v) is 4.86. The third-order valence-corrected chi connectivity index (χ3v) is 6.87. The average Bonchev–Trinajstić information content (AvgIpc) is 3.03. The lowest BCUT2D eigenvalue weighted by Crippen LogP contribution is -2.64. The smallest absolute Gasteiger partial charge is 0.250 e. The molecule has 0 aliphatic carbocycles. The molecule has 2 aromatic rings. The molecule has 2 N–H and O–H groups in total. The quantitative estimate of drug-likeness (QED) is 0.356. The van der Waals surface area contributed by atoms with E-state index in [2.05, 4.69) is 31.4 Å². The maximum absolute atomic E-state index is 13.8. The number of amides is 1. The van der Waals surface area contributed by atoms with Crippen molar-refractivity contribution >= 4 is 41.1 Å². The molecule has 0 saturated carbocycles. The van der Waals surface area contributed by atoms with E-state index in [1.807, 2.05) is 42.2 Å². The number of nitrogens with one attached hydrogen (secondary N) is 2. The van der Waals surface area contributed by atoms with Crippen molar-refractivity contribution in [3.05, 3.63) is 63.6 Å². The van der Waals surface area contributed by atoms with Gasteiger partial charge >= 0.3 is 0 Å². The number of carbonyl (C=O) groups is 2. The zero-order chi connectivity index (χ0) is 23.5. The van der Waals surface area contributed by atoms with Crippen LogP contribution in [0.3, 0.4) is 0 Å². The van der Waals surface area contributed by atoms with Gasteiger partial charge in [0.15, 0.2) is 6.29 Å². The van der Waals surface area contributed by atoms with Crippen LogP contribution < -0.4 is 10.6 Å². The molecular formula is C25H31Cl2N3O2. The average molecular weight is 476 g/mol.